The molecule has 0 nitrogen and oxygen atoms in total. The van der Waals surface area contributed by atoms with E-state index in [-0.39, 0.29) is 0 Å². The predicted molar refractivity (Wildman–Crippen MR) is 96.6 cm³/mol. The van der Waals surface area contributed by atoms with Gasteiger partial charge < -0.3 is 0 Å². The van der Waals surface area contributed by atoms with E-state index in [2.05, 4.69) is 55.5 Å². The highest BCUT2D eigenvalue weighted by Gasteiger charge is 2.21. The van der Waals surface area contributed by atoms with Crippen LogP contribution in [0, 0.1) is 0 Å². The standard InChI is InChI=1S/C22H27F/c1-2-3-4-17-5-7-18(8-6-17)19-9-11-20(12-10-19)21-13-15-22(23)16-14-21/h5-12,21-22H,2-4,13-16H2,1H3. The van der Waals surface area contributed by atoms with Crippen molar-refractivity contribution in [1.29, 1.82) is 0 Å². The highest BCUT2D eigenvalue weighted by atomic mass is 19.1. The molecule has 122 valence electrons. The third-order valence-corrected chi connectivity index (χ3v) is 5.15. The van der Waals surface area contributed by atoms with Crippen molar-refractivity contribution >= 4 is 0 Å². The van der Waals surface area contributed by atoms with E-state index in [0.29, 0.717) is 5.92 Å². The summed E-state index contributed by atoms with van der Waals surface area (Å²) in [5.74, 6) is 0.549. The monoisotopic (exact) mass is 310 g/mol. The molecule has 2 aromatic carbocycles. The molecule has 1 saturated carbocycles. The average molecular weight is 310 g/mol. The van der Waals surface area contributed by atoms with Crippen LogP contribution in [0.5, 0.6) is 0 Å². The van der Waals surface area contributed by atoms with Crippen molar-refractivity contribution in [3.8, 4) is 11.1 Å². The van der Waals surface area contributed by atoms with E-state index in [1.165, 1.54) is 41.5 Å². The number of rotatable bonds is 5. The van der Waals surface area contributed by atoms with Crippen LogP contribution in [0.2, 0.25) is 0 Å². The van der Waals surface area contributed by atoms with Gasteiger partial charge in [-0.2, -0.15) is 0 Å². The number of hydrogen-bond donors (Lipinski definition) is 0. The van der Waals surface area contributed by atoms with Crippen molar-refractivity contribution in [2.45, 2.75) is 64.0 Å². The summed E-state index contributed by atoms with van der Waals surface area (Å²) in [6.07, 6.45) is 6.54. The summed E-state index contributed by atoms with van der Waals surface area (Å²) in [6, 6.07) is 17.9. The fourth-order valence-corrected chi connectivity index (χ4v) is 3.58. The number of alkyl halides is 1. The lowest BCUT2D eigenvalue weighted by atomic mass is 9.83. The molecule has 0 aliphatic heterocycles. The molecule has 1 aliphatic carbocycles. The largest absolute Gasteiger partial charge is 0.247 e. The Kier molecular flexibility index (Phi) is 5.48. The maximum atomic E-state index is 13.3. The second-order valence-corrected chi connectivity index (χ2v) is 6.87. The Morgan fingerprint density at radius 3 is 1.96 bits per heavy atom. The van der Waals surface area contributed by atoms with Gasteiger partial charge in [-0.25, -0.2) is 4.39 Å². The molecule has 0 N–H and O–H groups in total. The quantitative estimate of drug-likeness (QED) is 0.577. The number of halogens is 1. The van der Waals surface area contributed by atoms with E-state index in [1.54, 1.807) is 0 Å². The first-order valence-corrected chi connectivity index (χ1v) is 9.09. The Hall–Kier alpha value is -1.63. The maximum absolute atomic E-state index is 13.3. The SMILES string of the molecule is CCCCc1ccc(-c2ccc(C3CCC(F)CC3)cc2)cc1. The van der Waals surface area contributed by atoms with Crippen molar-refractivity contribution in [2.75, 3.05) is 0 Å². The second kappa shape index (κ2) is 7.77. The van der Waals surface area contributed by atoms with Crippen molar-refractivity contribution in [3.05, 3.63) is 59.7 Å². The minimum absolute atomic E-state index is 0.549. The third-order valence-electron chi connectivity index (χ3n) is 5.15. The molecule has 0 spiro atoms. The summed E-state index contributed by atoms with van der Waals surface area (Å²) in [5.41, 5.74) is 5.36. The van der Waals surface area contributed by atoms with Gasteiger partial charge in [0.25, 0.3) is 0 Å². The molecule has 0 saturated heterocycles. The molecule has 0 aromatic heterocycles. The Labute approximate surface area is 139 Å². The van der Waals surface area contributed by atoms with Crippen molar-refractivity contribution < 1.29 is 4.39 Å². The molecule has 0 amide bonds. The number of unbranched alkanes of at least 4 members (excludes halogenated alkanes) is 1. The molecule has 0 unspecified atom stereocenters. The Bertz CT molecular complexity index is 589. The molecule has 2 aromatic rings. The van der Waals surface area contributed by atoms with Crippen LogP contribution in [0.15, 0.2) is 48.5 Å². The zero-order valence-electron chi connectivity index (χ0n) is 14.1. The summed E-state index contributed by atoms with van der Waals surface area (Å²) < 4.78 is 13.3. The van der Waals surface area contributed by atoms with Gasteiger partial charge in [-0.1, -0.05) is 61.9 Å². The van der Waals surface area contributed by atoms with Crippen LogP contribution in [0.4, 0.5) is 4.39 Å². The summed E-state index contributed by atoms with van der Waals surface area (Å²) in [5, 5.41) is 0. The molecule has 0 radical (unpaired) electrons. The molecule has 3 rings (SSSR count). The van der Waals surface area contributed by atoms with Gasteiger partial charge in [0.05, 0.1) is 0 Å². The van der Waals surface area contributed by atoms with E-state index >= 15 is 0 Å². The minimum atomic E-state index is -0.572. The van der Waals surface area contributed by atoms with Gasteiger partial charge in [-0.05, 0) is 66.7 Å². The topological polar surface area (TPSA) is 0 Å². The molecule has 1 fully saturated rings. The number of hydrogen-bond acceptors (Lipinski definition) is 0. The Morgan fingerprint density at radius 1 is 0.826 bits per heavy atom. The minimum Gasteiger partial charge on any atom is -0.247 e. The first-order valence-electron chi connectivity index (χ1n) is 9.09. The smallest absolute Gasteiger partial charge is 0.100 e. The molecule has 0 bridgehead atoms. The van der Waals surface area contributed by atoms with Gasteiger partial charge in [0.2, 0.25) is 0 Å². The van der Waals surface area contributed by atoms with Crippen LogP contribution in [0.1, 0.15) is 62.5 Å². The maximum Gasteiger partial charge on any atom is 0.100 e. The lowest BCUT2D eigenvalue weighted by Gasteiger charge is -2.24. The highest BCUT2D eigenvalue weighted by Crippen LogP contribution is 2.34. The van der Waals surface area contributed by atoms with Crippen LogP contribution >= 0.6 is 0 Å². The van der Waals surface area contributed by atoms with Crippen molar-refractivity contribution in [3.63, 3.8) is 0 Å². The molecular formula is C22H27F. The fraction of sp³-hybridized carbons (Fsp3) is 0.455. The molecule has 23 heavy (non-hydrogen) atoms. The second-order valence-electron chi connectivity index (χ2n) is 6.87. The van der Waals surface area contributed by atoms with Crippen LogP contribution < -0.4 is 0 Å². The Morgan fingerprint density at radius 2 is 1.39 bits per heavy atom. The van der Waals surface area contributed by atoms with Gasteiger partial charge in [0.1, 0.15) is 6.17 Å². The van der Waals surface area contributed by atoms with E-state index in [4.69, 9.17) is 0 Å². The van der Waals surface area contributed by atoms with E-state index in [1.807, 2.05) is 0 Å². The number of benzene rings is 2. The van der Waals surface area contributed by atoms with Crippen LogP contribution in [-0.2, 0) is 6.42 Å². The van der Waals surface area contributed by atoms with Crippen LogP contribution in [0.3, 0.4) is 0 Å². The van der Waals surface area contributed by atoms with Gasteiger partial charge in [0, 0.05) is 0 Å². The van der Waals surface area contributed by atoms with E-state index in [9.17, 15) is 4.39 Å². The van der Waals surface area contributed by atoms with Crippen LogP contribution in [0.25, 0.3) is 11.1 Å². The summed E-state index contributed by atoms with van der Waals surface area (Å²) in [6.45, 7) is 2.23. The lowest BCUT2D eigenvalue weighted by molar-refractivity contribution is 0.235. The summed E-state index contributed by atoms with van der Waals surface area (Å²) in [7, 11) is 0. The van der Waals surface area contributed by atoms with E-state index in [0.717, 1.165) is 25.7 Å². The third kappa shape index (κ3) is 4.22. The zero-order valence-corrected chi connectivity index (χ0v) is 14.1. The Balaban J connectivity index is 1.67. The van der Waals surface area contributed by atoms with Gasteiger partial charge in [-0.3, -0.25) is 0 Å². The normalized spacial score (nSPS) is 21.3. The lowest BCUT2D eigenvalue weighted by Crippen LogP contribution is -2.13. The molecule has 1 heteroatoms. The van der Waals surface area contributed by atoms with Gasteiger partial charge >= 0.3 is 0 Å². The molecule has 1 aliphatic rings. The number of aryl methyl sites for hydroxylation is 1. The first-order chi connectivity index (χ1) is 11.3. The molecular weight excluding hydrogens is 283 g/mol. The zero-order chi connectivity index (χ0) is 16.1. The fourth-order valence-electron chi connectivity index (χ4n) is 3.58. The highest BCUT2D eigenvalue weighted by molar-refractivity contribution is 5.64. The average Bonchev–Trinajstić information content (AvgIpc) is 2.61. The molecule has 0 atom stereocenters. The van der Waals surface area contributed by atoms with Crippen LogP contribution in [-0.4, -0.2) is 6.17 Å². The van der Waals surface area contributed by atoms with Gasteiger partial charge in [-0.15, -0.1) is 0 Å². The first kappa shape index (κ1) is 16.2. The summed E-state index contributed by atoms with van der Waals surface area (Å²) >= 11 is 0. The molecule has 0 heterocycles. The van der Waals surface area contributed by atoms with Crippen molar-refractivity contribution in [2.24, 2.45) is 0 Å². The summed E-state index contributed by atoms with van der Waals surface area (Å²) in [4.78, 5) is 0. The van der Waals surface area contributed by atoms with E-state index < -0.39 is 6.17 Å². The predicted octanol–water partition coefficient (Wildman–Crippen LogP) is 6.69. The van der Waals surface area contributed by atoms with Gasteiger partial charge in [0.15, 0.2) is 0 Å². The van der Waals surface area contributed by atoms with Crippen molar-refractivity contribution in [1.82, 2.24) is 0 Å².